The summed E-state index contributed by atoms with van der Waals surface area (Å²) < 4.78 is 5.34. The van der Waals surface area contributed by atoms with Gasteiger partial charge in [-0.3, -0.25) is 14.9 Å². The second-order valence-electron chi connectivity index (χ2n) is 4.90. The summed E-state index contributed by atoms with van der Waals surface area (Å²) in [6, 6.07) is 4.68. The van der Waals surface area contributed by atoms with Gasteiger partial charge >= 0.3 is 11.7 Å². The molecule has 0 saturated carbocycles. The molecule has 0 bridgehead atoms. The average molecular weight is 282 g/mol. The van der Waals surface area contributed by atoms with Gasteiger partial charge in [-0.1, -0.05) is 6.07 Å². The lowest BCUT2D eigenvalue weighted by Crippen LogP contribution is -2.44. The first-order chi connectivity index (χ1) is 9.24. The van der Waals surface area contributed by atoms with Crippen LogP contribution in [-0.4, -0.2) is 28.1 Å². The third kappa shape index (κ3) is 4.20. The molecule has 0 aromatic heterocycles. The Labute approximate surface area is 116 Å². The van der Waals surface area contributed by atoms with Crippen molar-refractivity contribution in [1.29, 1.82) is 0 Å². The highest BCUT2D eigenvalue weighted by atomic mass is 16.6. The van der Waals surface area contributed by atoms with Crippen molar-refractivity contribution < 1.29 is 19.6 Å². The molecule has 1 unspecified atom stereocenters. The van der Waals surface area contributed by atoms with E-state index in [1.54, 1.807) is 13.0 Å². The topological polar surface area (TPSA) is 116 Å². The highest BCUT2D eigenvalue weighted by Crippen LogP contribution is 2.28. The molecule has 1 rings (SSSR count). The number of nitrogens with two attached hydrogens (primary N) is 1. The Bertz CT molecular complexity index is 513. The van der Waals surface area contributed by atoms with E-state index in [4.69, 9.17) is 15.6 Å². The van der Waals surface area contributed by atoms with E-state index < -0.39 is 16.4 Å². The predicted octanol–water partition coefficient (Wildman–Crippen LogP) is 1.86. The van der Waals surface area contributed by atoms with Crippen LogP contribution in [0.1, 0.15) is 25.3 Å². The predicted molar refractivity (Wildman–Crippen MR) is 72.8 cm³/mol. The first-order valence-corrected chi connectivity index (χ1v) is 6.14. The molecule has 110 valence electrons. The fourth-order valence-electron chi connectivity index (χ4n) is 1.62. The normalized spacial score (nSPS) is 13.6. The number of nitro benzene ring substituents is 1. The Morgan fingerprint density at radius 1 is 1.55 bits per heavy atom. The van der Waals surface area contributed by atoms with Crippen LogP contribution in [0.25, 0.3) is 0 Å². The maximum absolute atomic E-state index is 10.9. The standard InChI is InChI=1S/C13H18N2O5/c1-9-4-5-11(10(8-9)15(18)19)20-7-3-6-13(2,14)12(16)17/h4-5,8H,3,6-7,14H2,1-2H3,(H,16,17). The van der Waals surface area contributed by atoms with Gasteiger partial charge in [0.25, 0.3) is 0 Å². The zero-order chi connectivity index (χ0) is 15.3. The van der Waals surface area contributed by atoms with Crippen molar-refractivity contribution in [2.75, 3.05) is 6.61 Å². The van der Waals surface area contributed by atoms with E-state index in [2.05, 4.69) is 0 Å². The molecule has 1 aromatic carbocycles. The van der Waals surface area contributed by atoms with Crippen LogP contribution in [0.15, 0.2) is 18.2 Å². The SMILES string of the molecule is Cc1ccc(OCCCC(C)(N)C(=O)O)c([N+](=O)[O-])c1. The number of carbonyl (C=O) groups is 1. The molecule has 0 spiro atoms. The number of ether oxygens (including phenoxy) is 1. The second kappa shape index (κ2) is 6.33. The van der Waals surface area contributed by atoms with Gasteiger partial charge in [0.2, 0.25) is 0 Å². The van der Waals surface area contributed by atoms with Crippen molar-refractivity contribution in [3.8, 4) is 5.75 Å². The van der Waals surface area contributed by atoms with Gasteiger partial charge in [-0.2, -0.15) is 0 Å². The van der Waals surface area contributed by atoms with Crippen LogP contribution >= 0.6 is 0 Å². The average Bonchev–Trinajstić information content (AvgIpc) is 2.35. The molecule has 7 nitrogen and oxygen atoms in total. The molecule has 1 aromatic rings. The summed E-state index contributed by atoms with van der Waals surface area (Å²) in [7, 11) is 0. The second-order valence-corrected chi connectivity index (χ2v) is 4.90. The molecule has 0 heterocycles. The maximum atomic E-state index is 10.9. The third-order valence-corrected chi connectivity index (χ3v) is 2.90. The number of aryl methyl sites for hydroxylation is 1. The van der Waals surface area contributed by atoms with Gasteiger partial charge in [0, 0.05) is 6.07 Å². The van der Waals surface area contributed by atoms with E-state index in [9.17, 15) is 14.9 Å². The highest BCUT2D eigenvalue weighted by Gasteiger charge is 2.27. The molecule has 1 atom stereocenters. The quantitative estimate of drug-likeness (QED) is 0.448. The molecule has 0 saturated heterocycles. The molecular weight excluding hydrogens is 264 g/mol. The van der Waals surface area contributed by atoms with E-state index in [0.29, 0.717) is 6.42 Å². The molecule has 20 heavy (non-hydrogen) atoms. The van der Waals surface area contributed by atoms with Gasteiger partial charge in [-0.15, -0.1) is 0 Å². The van der Waals surface area contributed by atoms with Gasteiger partial charge in [0.05, 0.1) is 11.5 Å². The number of nitrogens with zero attached hydrogens (tertiary/aromatic N) is 1. The van der Waals surface area contributed by atoms with Crippen molar-refractivity contribution in [1.82, 2.24) is 0 Å². The van der Waals surface area contributed by atoms with Gasteiger partial charge in [0.1, 0.15) is 5.54 Å². The van der Waals surface area contributed by atoms with Gasteiger partial charge in [0.15, 0.2) is 5.75 Å². The van der Waals surface area contributed by atoms with Crippen molar-refractivity contribution >= 4 is 11.7 Å². The summed E-state index contributed by atoms with van der Waals surface area (Å²) in [5.74, 6) is -0.909. The largest absolute Gasteiger partial charge is 0.487 e. The van der Waals surface area contributed by atoms with E-state index in [-0.39, 0.29) is 24.5 Å². The summed E-state index contributed by atoms with van der Waals surface area (Å²) >= 11 is 0. The molecule has 3 N–H and O–H groups in total. The zero-order valence-corrected chi connectivity index (χ0v) is 11.5. The molecule has 7 heteroatoms. The maximum Gasteiger partial charge on any atom is 0.323 e. The molecule has 0 amide bonds. The first-order valence-electron chi connectivity index (χ1n) is 6.14. The van der Waals surface area contributed by atoms with E-state index in [1.807, 2.05) is 0 Å². The van der Waals surface area contributed by atoms with E-state index >= 15 is 0 Å². The van der Waals surface area contributed by atoms with Crippen LogP contribution in [-0.2, 0) is 4.79 Å². The van der Waals surface area contributed by atoms with Crippen molar-refractivity contribution in [3.63, 3.8) is 0 Å². The van der Waals surface area contributed by atoms with Crippen LogP contribution in [0.3, 0.4) is 0 Å². The molecule has 0 radical (unpaired) electrons. The Balaban J connectivity index is 2.59. The molecule has 0 aliphatic carbocycles. The van der Waals surface area contributed by atoms with Crippen LogP contribution in [0.5, 0.6) is 5.75 Å². The van der Waals surface area contributed by atoms with Gasteiger partial charge in [-0.25, -0.2) is 0 Å². The van der Waals surface area contributed by atoms with Crippen LogP contribution in [0.2, 0.25) is 0 Å². The number of carboxylic acid groups (broad SMARTS) is 1. The number of rotatable bonds is 7. The zero-order valence-electron chi connectivity index (χ0n) is 11.5. The summed E-state index contributed by atoms with van der Waals surface area (Å²) in [5.41, 5.74) is 4.93. The van der Waals surface area contributed by atoms with E-state index in [1.165, 1.54) is 19.1 Å². The summed E-state index contributed by atoms with van der Waals surface area (Å²) in [4.78, 5) is 21.2. The van der Waals surface area contributed by atoms with Crippen molar-refractivity contribution in [3.05, 3.63) is 33.9 Å². The fourth-order valence-corrected chi connectivity index (χ4v) is 1.62. The van der Waals surface area contributed by atoms with E-state index in [0.717, 1.165) is 5.56 Å². The number of nitro groups is 1. The monoisotopic (exact) mass is 282 g/mol. The summed E-state index contributed by atoms with van der Waals surface area (Å²) in [6.45, 7) is 3.34. The number of aliphatic carboxylic acids is 1. The number of hydrogen-bond acceptors (Lipinski definition) is 5. The Morgan fingerprint density at radius 2 is 2.20 bits per heavy atom. The van der Waals surface area contributed by atoms with Crippen molar-refractivity contribution in [2.45, 2.75) is 32.2 Å². The van der Waals surface area contributed by atoms with Gasteiger partial charge < -0.3 is 15.6 Å². The lowest BCUT2D eigenvalue weighted by molar-refractivity contribution is -0.385. The van der Waals surface area contributed by atoms with Crippen LogP contribution in [0.4, 0.5) is 5.69 Å². The molecular formula is C13H18N2O5. The molecule has 0 aliphatic rings. The lowest BCUT2D eigenvalue weighted by Gasteiger charge is -2.18. The fraction of sp³-hybridized carbons (Fsp3) is 0.462. The minimum absolute atomic E-state index is 0.0984. The first kappa shape index (κ1) is 15.9. The minimum Gasteiger partial charge on any atom is -0.487 e. The minimum atomic E-state index is -1.32. The number of hydrogen-bond donors (Lipinski definition) is 2. The Morgan fingerprint density at radius 3 is 2.75 bits per heavy atom. The molecule has 0 aliphatic heterocycles. The Kier molecular flexibility index (Phi) is 5.04. The highest BCUT2D eigenvalue weighted by molar-refractivity contribution is 5.77. The number of benzene rings is 1. The summed E-state index contributed by atoms with van der Waals surface area (Å²) in [5, 5.41) is 19.7. The van der Waals surface area contributed by atoms with Gasteiger partial charge in [-0.05, 0) is 38.3 Å². The summed E-state index contributed by atoms with van der Waals surface area (Å²) in [6.07, 6.45) is 0.617. The van der Waals surface area contributed by atoms with Crippen LogP contribution in [0, 0.1) is 17.0 Å². The smallest absolute Gasteiger partial charge is 0.323 e. The molecule has 0 fully saturated rings. The Hall–Kier alpha value is -2.15. The van der Waals surface area contributed by atoms with Crippen LogP contribution < -0.4 is 10.5 Å². The number of carboxylic acids is 1. The lowest BCUT2D eigenvalue weighted by atomic mass is 9.98. The van der Waals surface area contributed by atoms with Crippen molar-refractivity contribution in [2.24, 2.45) is 5.73 Å². The third-order valence-electron chi connectivity index (χ3n) is 2.90.